The van der Waals surface area contributed by atoms with Gasteiger partial charge in [0.05, 0.1) is 0 Å². The van der Waals surface area contributed by atoms with Crippen LogP contribution >= 0.6 is 0 Å². The minimum Gasteiger partial charge on any atom is -0.303 e. The zero-order valence-corrected chi connectivity index (χ0v) is 16.9. The normalized spacial score (nSPS) is 16.6. The molecule has 0 spiro atoms. The number of nitrogens with zero attached hydrogens (tertiary/aromatic N) is 1. The van der Waals surface area contributed by atoms with Crippen molar-refractivity contribution in [2.75, 3.05) is 13.6 Å². The largest absolute Gasteiger partial charge is 0.303 e. The molecule has 0 N–H and O–H groups in total. The molecular formula is C24H35N. The molecule has 0 amide bonds. The zero-order chi connectivity index (χ0) is 18.6. The van der Waals surface area contributed by atoms with Crippen LogP contribution in [0.2, 0.25) is 0 Å². The average Bonchev–Trinajstić information content (AvgIpc) is 3.43. The molecule has 0 aliphatic heterocycles. The quantitative estimate of drug-likeness (QED) is 0.465. The Labute approximate surface area is 155 Å². The molecule has 136 valence electrons. The summed E-state index contributed by atoms with van der Waals surface area (Å²) in [6, 6.07) is 7.61. The molecule has 1 fully saturated rings. The van der Waals surface area contributed by atoms with E-state index in [9.17, 15) is 0 Å². The van der Waals surface area contributed by atoms with Crippen LogP contribution in [0.25, 0.3) is 11.1 Å². The summed E-state index contributed by atoms with van der Waals surface area (Å²) in [5, 5.41) is 0. The summed E-state index contributed by atoms with van der Waals surface area (Å²) in [7, 11) is 2.27. The molecule has 1 heteroatoms. The van der Waals surface area contributed by atoms with Crippen molar-refractivity contribution in [3.05, 3.63) is 59.7 Å². The Bertz CT molecular complexity index is 661. The van der Waals surface area contributed by atoms with Gasteiger partial charge in [0.1, 0.15) is 0 Å². The highest BCUT2D eigenvalue weighted by atomic mass is 15.1. The molecule has 1 saturated carbocycles. The molecular weight excluding hydrogens is 302 g/mol. The average molecular weight is 338 g/mol. The minimum atomic E-state index is 0.671. The first-order valence-electron chi connectivity index (χ1n) is 9.62. The van der Waals surface area contributed by atoms with Crippen LogP contribution in [0, 0.1) is 12.8 Å². The van der Waals surface area contributed by atoms with E-state index in [1.165, 1.54) is 59.2 Å². The maximum Gasteiger partial charge on any atom is 0.00933 e. The van der Waals surface area contributed by atoms with Crippen molar-refractivity contribution in [2.45, 2.75) is 59.4 Å². The first kappa shape index (κ1) is 19.7. The third-order valence-electron chi connectivity index (χ3n) is 5.69. The summed E-state index contributed by atoms with van der Waals surface area (Å²) in [5.41, 5.74) is 7.71. The van der Waals surface area contributed by atoms with Gasteiger partial charge in [0.25, 0.3) is 0 Å². The van der Waals surface area contributed by atoms with Crippen LogP contribution in [-0.2, 0) is 0 Å². The van der Waals surface area contributed by atoms with Crippen LogP contribution in [0.15, 0.2) is 43.0 Å². The fourth-order valence-corrected chi connectivity index (χ4v) is 3.37. The van der Waals surface area contributed by atoms with Crippen molar-refractivity contribution >= 4 is 11.1 Å². The molecule has 0 heterocycles. The summed E-state index contributed by atoms with van der Waals surface area (Å²) in [4.78, 5) is 2.52. The van der Waals surface area contributed by atoms with E-state index >= 15 is 0 Å². The maximum absolute atomic E-state index is 4.38. The third-order valence-corrected chi connectivity index (χ3v) is 5.69. The summed E-state index contributed by atoms with van der Waals surface area (Å²) in [5.74, 6) is 0.671. The lowest BCUT2D eigenvalue weighted by Crippen LogP contribution is -2.23. The van der Waals surface area contributed by atoms with Gasteiger partial charge in [-0.2, -0.15) is 0 Å². The second-order valence-corrected chi connectivity index (χ2v) is 7.96. The van der Waals surface area contributed by atoms with E-state index in [0.717, 1.165) is 12.5 Å². The van der Waals surface area contributed by atoms with E-state index in [0.29, 0.717) is 5.92 Å². The summed E-state index contributed by atoms with van der Waals surface area (Å²) < 4.78 is 0. The van der Waals surface area contributed by atoms with E-state index < -0.39 is 0 Å². The van der Waals surface area contributed by atoms with Crippen molar-refractivity contribution < 1.29 is 0 Å². The van der Waals surface area contributed by atoms with Gasteiger partial charge in [0, 0.05) is 6.04 Å². The molecule has 1 atom stereocenters. The molecule has 1 unspecified atom stereocenters. The Kier molecular flexibility index (Phi) is 6.84. The Balaban J connectivity index is 2.02. The molecule has 25 heavy (non-hydrogen) atoms. The highest BCUT2D eigenvalue weighted by Crippen LogP contribution is 2.30. The van der Waals surface area contributed by atoms with E-state index in [1.807, 2.05) is 6.08 Å². The highest BCUT2D eigenvalue weighted by molar-refractivity contribution is 5.75. The first-order chi connectivity index (χ1) is 11.8. The second kappa shape index (κ2) is 8.67. The first-order valence-corrected chi connectivity index (χ1v) is 9.62. The van der Waals surface area contributed by atoms with Crippen molar-refractivity contribution in [3.63, 3.8) is 0 Å². The zero-order valence-electron chi connectivity index (χ0n) is 16.9. The van der Waals surface area contributed by atoms with Crippen molar-refractivity contribution in [2.24, 2.45) is 5.92 Å². The Hall–Kier alpha value is -1.60. The van der Waals surface area contributed by atoms with Crippen molar-refractivity contribution in [1.29, 1.82) is 0 Å². The van der Waals surface area contributed by atoms with Crippen LogP contribution in [-0.4, -0.2) is 24.5 Å². The lowest BCUT2D eigenvalue weighted by Gasteiger charge is -2.20. The van der Waals surface area contributed by atoms with Gasteiger partial charge in [0.2, 0.25) is 0 Å². The van der Waals surface area contributed by atoms with Gasteiger partial charge in [0.15, 0.2) is 0 Å². The summed E-state index contributed by atoms with van der Waals surface area (Å²) >= 11 is 0. The number of benzene rings is 1. The maximum atomic E-state index is 4.38. The van der Waals surface area contributed by atoms with Crippen LogP contribution < -0.4 is 0 Å². The summed E-state index contributed by atoms with van der Waals surface area (Å²) in [6.45, 7) is 18.3. The van der Waals surface area contributed by atoms with Crippen molar-refractivity contribution in [3.8, 4) is 0 Å². The lowest BCUT2D eigenvalue weighted by atomic mass is 9.90. The van der Waals surface area contributed by atoms with E-state index in [1.54, 1.807) is 0 Å². The predicted octanol–water partition coefficient (Wildman–Crippen LogP) is 6.50. The molecule has 1 aliphatic carbocycles. The fraction of sp³-hybridized carbons (Fsp3) is 0.500. The van der Waals surface area contributed by atoms with Gasteiger partial charge in [-0.15, -0.1) is 0 Å². The van der Waals surface area contributed by atoms with Crippen LogP contribution in [0.5, 0.6) is 0 Å². The summed E-state index contributed by atoms with van der Waals surface area (Å²) in [6.07, 6.45) is 7.04. The van der Waals surface area contributed by atoms with Gasteiger partial charge in [-0.1, -0.05) is 38.3 Å². The van der Waals surface area contributed by atoms with E-state index in [-0.39, 0.29) is 0 Å². The number of hydrogen-bond acceptors (Lipinski definition) is 1. The Morgan fingerprint density at radius 3 is 2.60 bits per heavy atom. The van der Waals surface area contributed by atoms with Crippen LogP contribution in [0.3, 0.4) is 0 Å². The smallest absolute Gasteiger partial charge is 0.00933 e. The molecule has 0 saturated heterocycles. The second-order valence-electron chi connectivity index (χ2n) is 7.96. The third kappa shape index (κ3) is 5.44. The number of hydrogen-bond donors (Lipinski definition) is 0. The topological polar surface area (TPSA) is 3.24 Å². The molecule has 0 bridgehead atoms. The number of rotatable bonds is 9. The molecule has 2 rings (SSSR count). The SMILES string of the molecule is C=C/C(C)=C(/C)c1cc(C(=C)CC(C)CCN(C)C2CC2)ccc1C. The molecule has 1 aromatic carbocycles. The number of allylic oxidation sites excluding steroid dienone is 4. The van der Waals surface area contributed by atoms with Crippen LogP contribution in [0.4, 0.5) is 0 Å². The van der Waals surface area contributed by atoms with E-state index in [2.05, 4.69) is 71.0 Å². The predicted molar refractivity (Wildman–Crippen MR) is 113 cm³/mol. The molecule has 1 aromatic rings. The van der Waals surface area contributed by atoms with Gasteiger partial charge in [-0.05, 0) is 105 Å². The number of aryl methyl sites for hydroxylation is 1. The lowest BCUT2D eigenvalue weighted by molar-refractivity contribution is 0.297. The Morgan fingerprint density at radius 2 is 2.00 bits per heavy atom. The van der Waals surface area contributed by atoms with E-state index in [4.69, 9.17) is 0 Å². The Morgan fingerprint density at radius 1 is 1.32 bits per heavy atom. The highest BCUT2D eigenvalue weighted by Gasteiger charge is 2.25. The molecule has 1 aliphatic rings. The van der Waals surface area contributed by atoms with Gasteiger partial charge >= 0.3 is 0 Å². The van der Waals surface area contributed by atoms with Crippen molar-refractivity contribution in [1.82, 2.24) is 4.90 Å². The molecule has 0 radical (unpaired) electrons. The van der Waals surface area contributed by atoms with Gasteiger partial charge < -0.3 is 4.90 Å². The minimum absolute atomic E-state index is 0.671. The monoisotopic (exact) mass is 337 g/mol. The van der Waals surface area contributed by atoms with Gasteiger partial charge in [-0.3, -0.25) is 0 Å². The standard InChI is InChI=1S/C24H35N/c1-8-18(3)21(6)24-16-22(10-9-19(24)4)20(5)15-17(2)13-14-25(7)23-11-12-23/h8-10,16-17,23H,1,5,11-15H2,2-4,6-7H3/b21-18-. The molecule has 1 nitrogen and oxygen atoms in total. The fourth-order valence-electron chi connectivity index (χ4n) is 3.37. The molecule has 0 aromatic heterocycles. The van der Waals surface area contributed by atoms with Crippen LogP contribution in [0.1, 0.15) is 63.1 Å². The van der Waals surface area contributed by atoms with Gasteiger partial charge in [-0.25, -0.2) is 0 Å².